The van der Waals surface area contributed by atoms with Crippen molar-refractivity contribution >= 4 is 32.6 Å². The molecule has 9 aromatic rings. The van der Waals surface area contributed by atoms with Crippen molar-refractivity contribution in [3.05, 3.63) is 176 Å². The molecule has 7 aromatic carbocycles. The molecule has 0 amide bonds. The molecule has 0 fully saturated rings. The van der Waals surface area contributed by atoms with E-state index in [0.29, 0.717) is 5.52 Å². The Kier molecular flexibility index (Phi) is 5.32. The predicted octanol–water partition coefficient (Wildman–Crippen LogP) is 11.4. The number of fused-ring (bicyclic) bond motifs is 3. The third-order valence-electron chi connectivity index (χ3n) is 8.78. The van der Waals surface area contributed by atoms with Crippen LogP contribution < -0.4 is 0 Å². The lowest BCUT2D eigenvalue weighted by Crippen LogP contribution is -2.01. The van der Waals surface area contributed by atoms with Gasteiger partial charge in [-0.3, -0.25) is 9.55 Å². The van der Waals surface area contributed by atoms with Crippen LogP contribution >= 0.6 is 0 Å². The summed E-state index contributed by atoms with van der Waals surface area (Å²) < 4.78 is 44.9. The summed E-state index contributed by atoms with van der Waals surface area (Å²) >= 11 is 0. The Bertz CT molecular complexity index is 2780. The average molecular weight is 605 g/mol. The topological polar surface area (TPSA) is 30.7 Å². The molecule has 9 rings (SSSR count). The Labute approximate surface area is 280 Å². The molecule has 0 aliphatic carbocycles. The standard InChI is InChI=1S/C44H29N3/c1-2-14-30(15-3-1)44-46-39-24-9-11-26-41(39)47(44)40-25-10-8-23-38(40)43-36-21-6-4-19-34(36)42(35-20-5-7-22-37(35)43)32-17-12-16-31(28-32)33-18-13-27-45-29-33/h1-29H/i1D,2D,3D,14D,15D. The minimum absolute atomic E-state index is 0.0514. The molecule has 0 unspecified atom stereocenters. The van der Waals surface area contributed by atoms with E-state index < -0.39 is 18.1 Å². The van der Waals surface area contributed by atoms with Gasteiger partial charge in [-0.25, -0.2) is 4.98 Å². The van der Waals surface area contributed by atoms with Crippen LogP contribution in [0.4, 0.5) is 0 Å². The molecule has 0 saturated heterocycles. The zero-order valence-corrected chi connectivity index (χ0v) is 25.2. The highest BCUT2D eigenvalue weighted by molar-refractivity contribution is 6.22. The van der Waals surface area contributed by atoms with Crippen LogP contribution in [0.3, 0.4) is 0 Å². The largest absolute Gasteiger partial charge is 0.292 e. The second-order valence-corrected chi connectivity index (χ2v) is 11.4. The van der Waals surface area contributed by atoms with E-state index >= 15 is 0 Å². The average Bonchev–Trinajstić information content (AvgIpc) is 3.57. The van der Waals surface area contributed by atoms with E-state index in [9.17, 15) is 0 Å². The molecular formula is C44H29N3. The van der Waals surface area contributed by atoms with Crippen LogP contribution in [0.25, 0.3) is 83.0 Å². The molecule has 3 nitrogen and oxygen atoms in total. The monoisotopic (exact) mass is 604 g/mol. The van der Waals surface area contributed by atoms with Gasteiger partial charge in [0.15, 0.2) is 0 Å². The smallest absolute Gasteiger partial charge is 0.145 e. The second-order valence-electron chi connectivity index (χ2n) is 11.4. The molecule has 47 heavy (non-hydrogen) atoms. The van der Waals surface area contributed by atoms with Gasteiger partial charge in [-0.05, 0) is 74.1 Å². The van der Waals surface area contributed by atoms with Crippen LogP contribution in [0.1, 0.15) is 6.85 Å². The SMILES string of the molecule is [2H]c1c([2H])c([2H])c(-c2nc3ccccc3n2-c2ccccc2-c2c3ccccc3c(-c3cccc(-c4cccnc4)c3)c3ccccc23)c([2H])c1[2H]. The van der Waals surface area contributed by atoms with Gasteiger partial charge in [0.2, 0.25) is 0 Å². The van der Waals surface area contributed by atoms with E-state index in [1.807, 2.05) is 59.3 Å². The van der Waals surface area contributed by atoms with Crippen LogP contribution in [0.2, 0.25) is 0 Å². The Balaban J connectivity index is 1.37. The molecular weight excluding hydrogens is 571 g/mol. The first-order valence-electron chi connectivity index (χ1n) is 18.0. The molecule has 2 aromatic heterocycles. The van der Waals surface area contributed by atoms with E-state index in [0.717, 1.165) is 66.1 Å². The summed E-state index contributed by atoms with van der Waals surface area (Å²) in [7, 11) is 0. The van der Waals surface area contributed by atoms with Crippen molar-refractivity contribution in [2.45, 2.75) is 0 Å². The normalized spacial score (nSPS) is 12.9. The third-order valence-corrected chi connectivity index (χ3v) is 8.78. The zero-order valence-electron chi connectivity index (χ0n) is 30.2. The molecule has 0 aliphatic rings. The maximum Gasteiger partial charge on any atom is 0.145 e. The van der Waals surface area contributed by atoms with Crippen molar-refractivity contribution in [1.82, 2.24) is 14.5 Å². The summed E-state index contributed by atoms with van der Waals surface area (Å²) in [5.41, 5.74) is 8.54. The first-order valence-corrected chi connectivity index (χ1v) is 15.5. The Morgan fingerprint density at radius 2 is 1.15 bits per heavy atom. The lowest BCUT2D eigenvalue weighted by Gasteiger charge is -2.21. The van der Waals surface area contributed by atoms with E-state index in [2.05, 4.69) is 89.9 Å². The van der Waals surface area contributed by atoms with Gasteiger partial charge in [-0.1, -0.05) is 133 Å². The predicted molar refractivity (Wildman–Crippen MR) is 196 cm³/mol. The summed E-state index contributed by atoms with van der Waals surface area (Å²) in [6, 6.07) is 43.4. The second kappa shape index (κ2) is 11.2. The molecule has 0 bridgehead atoms. The van der Waals surface area contributed by atoms with Crippen LogP contribution in [0.5, 0.6) is 0 Å². The van der Waals surface area contributed by atoms with Gasteiger partial charge in [-0.15, -0.1) is 0 Å². The summed E-state index contributed by atoms with van der Waals surface area (Å²) in [6.45, 7) is 0. The lowest BCUT2D eigenvalue weighted by molar-refractivity contribution is 1.10. The van der Waals surface area contributed by atoms with Crippen LogP contribution in [0, 0.1) is 0 Å². The molecule has 0 radical (unpaired) electrons. The van der Waals surface area contributed by atoms with Crippen molar-refractivity contribution in [1.29, 1.82) is 0 Å². The van der Waals surface area contributed by atoms with Gasteiger partial charge < -0.3 is 0 Å². The van der Waals surface area contributed by atoms with Crippen molar-refractivity contribution in [2.75, 3.05) is 0 Å². The molecule has 0 atom stereocenters. The molecule has 2 heterocycles. The van der Waals surface area contributed by atoms with Gasteiger partial charge in [0.25, 0.3) is 0 Å². The highest BCUT2D eigenvalue weighted by Gasteiger charge is 2.21. The van der Waals surface area contributed by atoms with Crippen LogP contribution in [-0.4, -0.2) is 14.5 Å². The van der Waals surface area contributed by atoms with E-state index in [1.165, 1.54) is 0 Å². The van der Waals surface area contributed by atoms with Gasteiger partial charge in [0.1, 0.15) is 5.82 Å². The highest BCUT2D eigenvalue weighted by atomic mass is 15.1. The molecule has 0 saturated carbocycles. The lowest BCUT2D eigenvalue weighted by atomic mass is 9.85. The molecule has 0 aliphatic heterocycles. The summed E-state index contributed by atoms with van der Waals surface area (Å²) in [5.74, 6) is 0.281. The Hall–Kier alpha value is -6.32. The molecule has 0 spiro atoms. The quantitative estimate of drug-likeness (QED) is 0.183. The van der Waals surface area contributed by atoms with Gasteiger partial charge in [0.05, 0.1) is 23.6 Å². The first kappa shape index (κ1) is 22.2. The minimum atomic E-state index is -0.439. The fraction of sp³-hybridized carbons (Fsp3) is 0. The number of pyridine rings is 1. The van der Waals surface area contributed by atoms with Crippen LogP contribution in [0.15, 0.2) is 176 Å². The van der Waals surface area contributed by atoms with Crippen molar-refractivity contribution < 1.29 is 6.85 Å². The van der Waals surface area contributed by atoms with Gasteiger partial charge >= 0.3 is 0 Å². The van der Waals surface area contributed by atoms with E-state index in [1.54, 1.807) is 6.20 Å². The van der Waals surface area contributed by atoms with Gasteiger partial charge in [0, 0.05) is 29.1 Å². The number of hydrogen-bond donors (Lipinski definition) is 0. The Morgan fingerprint density at radius 1 is 0.511 bits per heavy atom. The number of aromatic nitrogens is 3. The van der Waals surface area contributed by atoms with Crippen molar-refractivity contribution in [3.63, 3.8) is 0 Å². The van der Waals surface area contributed by atoms with E-state index in [-0.39, 0.29) is 23.5 Å². The fourth-order valence-electron chi connectivity index (χ4n) is 6.80. The summed E-state index contributed by atoms with van der Waals surface area (Å²) in [5, 5.41) is 4.31. The zero-order chi connectivity index (χ0) is 35.5. The first-order chi connectivity index (χ1) is 25.4. The molecule has 3 heteroatoms. The fourth-order valence-corrected chi connectivity index (χ4v) is 6.80. The third kappa shape index (κ3) is 4.52. The summed E-state index contributed by atoms with van der Waals surface area (Å²) in [4.78, 5) is 9.28. The number of hydrogen-bond acceptors (Lipinski definition) is 2. The molecule has 0 N–H and O–H groups in total. The summed E-state index contributed by atoms with van der Waals surface area (Å²) in [6.07, 6.45) is 3.67. The molecule has 220 valence electrons. The highest BCUT2D eigenvalue weighted by Crippen LogP contribution is 2.46. The minimum Gasteiger partial charge on any atom is -0.292 e. The number of nitrogens with zero attached hydrogens (tertiary/aromatic N) is 3. The number of rotatable bonds is 5. The maximum atomic E-state index is 8.88. The maximum absolute atomic E-state index is 8.88. The van der Waals surface area contributed by atoms with Crippen molar-refractivity contribution in [2.24, 2.45) is 0 Å². The Morgan fingerprint density at radius 3 is 1.89 bits per heavy atom. The van der Waals surface area contributed by atoms with Crippen LogP contribution in [-0.2, 0) is 0 Å². The van der Waals surface area contributed by atoms with Crippen molar-refractivity contribution in [3.8, 4) is 50.5 Å². The van der Waals surface area contributed by atoms with E-state index in [4.69, 9.17) is 11.8 Å². The number of imidazole rings is 1. The van der Waals surface area contributed by atoms with Gasteiger partial charge in [-0.2, -0.15) is 0 Å². The number of benzene rings is 7. The number of para-hydroxylation sites is 3.